The molecule has 76 valence electrons. The Morgan fingerprint density at radius 2 is 2.15 bits per heavy atom. The molecule has 0 atom stereocenters. The maximum atomic E-state index is 10.6. The Labute approximate surface area is 79.0 Å². The van der Waals surface area contributed by atoms with E-state index in [9.17, 15) is 4.79 Å². The summed E-state index contributed by atoms with van der Waals surface area (Å²) in [5.41, 5.74) is 5.10. The Balaban J connectivity index is 2.18. The van der Waals surface area contributed by atoms with Crippen molar-refractivity contribution in [1.29, 1.82) is 0 Å². The number of nitrogens with zero attached hydrogens (tertiary/aromatic N) is 1. The number of amides is 1. The molecule has 0 radical (unpaired) electrons. The largest absolute Gasteiger partial charge is 0.378 e. The Morgan fingerprint density at radius 3 is 2.62 bits per heavy atom. The Hall–Kier alpha value is -0.610. The summed E-state index contributed by atoms with van der Waals surface area (Å²) >= 11 is 0. The van der Waals surface area contributed by atoms with Crippen molar-refractivity contribution in [2.24, 2.45) is 5.73 Å². The van der Waals surface area contributed by atoms with Crippen molar-refractivity contribution in [2.75, 3.05) is 26.2 Å². The third kappa shape index (κ3) is 3.74. The molecule has 0 saturated carbocycles. The van der Waals surface area contributed by atoms with E-state index in [2.05, 4.69) is 4.90 Å². The van der Waals surface area contributed by atoms with E-state index >= 15 is 0 Å². The van der Waals surface area contributed by atoms with Crippen LogP contribution in [0.25, 0.3) is 0 Å². The van der Waals surface area contributed by atoms with Crippen LogP contribution in [0.15, 0.2) is 0 Å². The van der Waals surface area contributed by atoms with Crippen LogP contribution in [0.2, 0.25) is 0 Å². The highest BCUT2D eigenvalue weighted by Gasteiger charge is 2.19. The normalized spacial score (nSPS) is 20.4. The quantitative estimate of drug-likeness (QED) is 0.671. The van der Waals surface area contributed by atoms with Gasteiger partial charge in [0, 0.05) is 19.7 Å². The molecule has 1 aliphatic rings. The first kappa shape index (κ1) is 10.5. The topological polar surface area (TPSA) is 55.6 Å². The van der Waals surface area contributed by atoms with Gasteiger partial charge in [-0.1, -0.05) is 0 Å². The van der Waals surface area contributed by atoms with Crippen molar-refractivity contribution in [2.45, 2.75) is 25.9 Å². The zero-order valence-electron chi connectivity index (χ0n) is 8.16. The van der Waals surface area contributed by atoms with E-state index in [0.717, 1.165) is 32.5 Å². The predicted octanol–water partition coefficient (Wildman–Crippen LogP) is -0.0274. The number of ether oxygens (including phenoxy) is 1. The van der Waals surface area contributed by atoms with Gasteiger partial charge in [-0.2, -0.15) is 0 Å². The molecular weight excluding hydrogens is 168 g/mol. The van der Waals surface area contributed by atoms with E-state index in [1.165, 1.54) is 0 Å². The van der Waals surface area contributed by atoms with Gasteiger partial charge in [-0.15, -0.1) is 0 Å². The highest BCUT2D eigenvalue weighted by molar-refractivity contribution is 5.75. The van der Waals surface area contributed by atoms with E-state index in [-0.39, 0.29) is 5.91 Å². The number of likely N-dealkylation sites (tertiary alicyclic amines) is 1. The summed E-state index contributed by atoms with van der Waals surface area (Å²) in [7, 11) is 0. The van der Waals surface area contributed by atoms with Crippen LogP contribution in [0.1, 0.15) is 19.8 Å². The number of hydrogen-bond donors (Lipinski definition) is 1. The van der Waals surface area contributed by atoms with Gasteiger partial charge in [0.25, 0.3) is 0 Å². The van der Waals surface area contributed by atoms with Crippen molar-refractivity contribution in [3.63, 3.8) is 0 Å². The minimum Gasteiger partial charge on any atom is -0.378 e. The van der Waals surface area contributed by atoms with Crippen molar-refractivity contribution in [1.82, 2.24) is 4.90 Å². The fraction of sp³-hybridized carbons (Fsp3) is 0.889. The first-order chi connectivity index (χ1) is 6.22. The Bertz CT molecular complexity index is 165. The molecule has 0 aromatic heterocycles. The summed E-state index contributed by atoms with van der Waals surface area (Å²) in [4.78, 5) is 12.7. The average Bonchev–Trinajstić information content (AvgIpc) is 2.08. The third-order valence-corrected chi connectivity index (χ3v) is 2.32. The van der Waals surface area contributed by atoms with Crippen LogP contribution in [0.4, 0.5) is 0 Å². The van der Waals surface area contributed by atoms with Crippen LogP contribution in [-0.2, 0) is 9.53 Å². The van der Waals surface area contributed by atoms with Crippen molar-refractivity contribution >= 4 is 5.91 Å². The van der Waals surface area contributed by atoms with Gasteiger partial charge in [-0.25, -0.2) is 0 Å². The summed E-state index contributed by atoms with van der Waals surface area (Å²) in [6.07, 6.45) is 2.41. The van der Waals surface area contributed by atoms with Gasteiger partial charge in [0.05, 0.1) is 12.6 Å². The number of piperidine rings is 1. The second kappa shape index (κ2) is 5.19. The lowest BCUT2D eigenvalue weighted by Crippen LogP contribution is -2.41. The molecule has 4 nitrogen and oxygen atoms in total. The van der Waals surface area contributed by atoms with E-state index < -0.39 is 0 Å². The number of carbonyl (C=O) groups is 1. The zero-order valence-corrected chi connectivity index (χ0v) is 8.16. The lowest BCUT2D eigenvalue weighted by molar-refractivity contribution is -0.119. The minimum absolute atomic E-state index is 0.241. The highest BCUT2D eigenvalue weighted by atomic mass is 16.5. The van der Waals surface area contributed by atoms with E-state index in [1.807, 2.05) is 6.92 Å². The standard InChI is InChI=1S/C9H18N2O2/c1-2-13-8-3-5-11(6-4-8)7-9(10)12/h8H,2-7H2,1H3,(H2,10,12). The van der Waals surface area contributed by atoms with Crippen molar-refractivity contribution in [3.05, 3.63) is 0 Å². The zero-order chi connectivity index (χ0) is 9.68. The molecule has 0 aliphatic carbocycles. The molecule has 1 saturated heterocycles. The molecule has 0 aromatic rings. The summed E-state index contributed by atoms with van der Waals surface area (Å²) < 4.78 is 5.49. The fourth-order valence-corrected chi connectivity index (χ4v) is 1.69. The number of primary amides is 1. The summed E-state index contributed by atoms with van der Waals surface area (Å²) in [6.45, 7) is 5.02. The van der Waals surface area contributed by atoms with Gasteiger partial charge >= 0.3 is 0 Å². The molecule has 1 amide bonds. The molecule has 0 aromatic carbocycles. The lowest BCUT2D eigenvalue weighted by atomic mass is 10.1. The molecule has 4 heteroatoms. The molecule has 0 bridgehead atoms. The fourth-order valence-electron chi connectivity index (χ4n) is 1.69. The molecule has 1 fully saturated rings. The number of carbonyl (C=O) groups excluding carboxylic acids is 1. The second-order valence-corrected chi connectivity index (χ2v) is 3.40. The van der Waals surface area contributed by atoms with Crippen LogP contribution in [0.3, 0.4) is 0 Å². The SMILES string of the molecule is CCOC1CCN(CC(N)=O)CC1. The summed E-state index contributed by atoms with van der Waals surface area (Å²) in [5, 5.41) is 0. The first-order valence-corrected chi connectivity index (χ1v) is 4.84. The van der Waals surface area contributed by atoms with Gasteiger partial charge < -0.3 is 10.5 Å². The van der Waals surface area contributed by atoms with Crippen LogP contribution in [0.5, 0.6) is 0 Å². The highest BCUT2D eigenvalue weighted by Crippen LogP contribution is 2.12. The van der Waals surface area contributed by atoms with Crippen molar-refractivity contribution < 1.29 is 9.53 Å². The minimum atomic E-state index is -0.241. The number of hydrogen-bond acceptors (Lipinski definition) is 3. The van der Waals surface area contributed by atoms with Crippen molar-refractivity contribution in [3.8, 4) is 0 Å². The predicted molar refractivity (Wildman–Crippen MR) is 50.3 cm³/mol. The maximum Gasteiger partial charge on any atom is 0.231 e. The molecule has 13 heavy (non-hydrogen) atoms. The van der Waals surface area contributed by atoms with Crippen LogP contribution in [0, 0.1) is 0 Å². The summed E-state index contributed by atoms with van der Waals surface area (Å²) in [6, 6.07) is 0. The van der Waals surface area contributed by atoms with E-state index in [4.69, 9.17) is 10.5 Å². The van der Waals surface area contributed by atoms with Gasteiger partial charge in [-0.3, -0.25) is 9.69 Å². The monoisotopic (exact) mass is 186 g/mol. The maximum absolute atomic E-state index is 10.6. The van der Waals surface area contributed by atoms with Gasteiger partial charge in [0.1, 0.15) is 0 Å². The molecule has 1 heterocycles. The van der Waals surface area contributed by atoms with Crippen LogP contribution in [-0.4, -0.2) is 43.2 Å². The molecular formula is C9H18N2O2. The van der Waals surface area contributed by atoms with Crippen LogP contribution < -0.4 is 5.73 Å². The van der Waals surface area contributed by atoms with Crippen LogP contribution >= 0.6 is 0 Å². The molecule has 1 rings (SSSR count). The smallest absolute Gasteiger partial charge is 0.231 e. The lowest BCUT2D eigenvalue weighted by Gasteiger charge is -2.30. The van der Waals surface area contributed by atoms with Gasteiger partial charge in [0.15, 0.2) is 0 Å². The molecule has 0 spiro atoms. The van der Waals surface area contributed by atoms with E-state index in [1.54, 1.807) is 0 Å². The third-order valence-electron chi connectivity index (χ3n) is 2.32. The van der Waals surface area contributed by atoms with Gasteiger partial charge in [-0.05, 0) is 19.8 Å². The summed E-state index contributed by atoms with van der Waals surface area (Å²) in [5.74, 6) is -0.241. The Kier molecular flexibility index (Phi) is 4.18. The second-order valence-electron chi connectivity index (χ2n) is 3.40. The number of rotatable bonds is 4. The number of nitrogens with two attached hydrogens (primary N) is 1. The van der Waals surface area contributed by atoms with Gasteiger partial charge in [0.2, 0.25) is 5.91 Å². The molecule has 0 unspecified atom stereocenters. The first-order valence-electron chi connectivity index (χ1n) is 4.84. The van der Waals surface area contributed by atoms with E-state index in [0.29, 0.717) is 12.6 Å². The Morgan fingerprint density at radius 1 is 1.54 bits per heavy atom. The molecule has 1 aliphatic heterocycles. The average molecular weight is 186 g/mol. The molecule has 2 N–H and O–H groups in total.